The number of piperidine rings is 2. The third-order valence-electron chi connectivity index (χ3n) is 5.67. The Bertz CT molecular complexity index is 558. The molecule has 140 valence electrons. The molecular weight excluding hydrogens is 314 g/mol. The van der Waals surface area contributed by atoms with Gasteiger partial charge in [0.05, 0.1) is 0 Å². The number of carbonyl (C=O) groups excluding carboxylic acids is 1. The van der Waals surface area contributed by atoms with Gasteiger partial charge < -0.3 is 15.2 Å². The molecule has 0 bridgehead atoms. The Hall–Kier alpha value is -1.40. The summed E-state index contributed by atoms with van der Waals surface area (Å²) in [5.74, 6) is 2.08. The summed E-state index contributed by atoms with van der Waals surface area (Å²) >= 11 is 0. The largest absolute Gasteiger partial charge is 0.345 e. The fraction of sp³-hybridized carbons (Fsp3) is 0.789. The predicted octanol–water partition coefficient (Wildman–Crippen LogP) is 1.78. The Balaban J connectivity index is 1.54. The molecule has 0 saturated carbocycles. The zero-order valence-corrected chi connectivity index (χ0v) is 15.8. The number of H-pyrrole nitrogens is 1. The van der Waals surface area contributed by atoms with Crippen molar-refractivity contribution in [1.29, 1.82) is 0 Å². The van der Waals surface area contributed by atoms with Crippen LogP contribution in [0.1, 0.15) is 50.5 Å². The quantitative estimate of drug-likeness (QED) is 0.752. The molecule has 3 heterocycles. The maximum atomic E-state index is 12.3. The number of aryl methyl sites for hydroxylation is 1. The number of hydrogen-bond donors (Lipinski definition) is 2. The Morgan fingerprint density at radius 1 is 1.40 bits per heavy atom. The third-order valence-corrected chi connectivity index (χ3v) is 5.67. The van der Waals surface area contributed by atoms with Gasteiger partial charge in [-0.1, -0.05) is 13.3 Å². The van der Waals surface area contributed by atoms with Crippen molar-refractivity contribution < 1.29 is 4.79 Å². The molecule has 25 heavy (non-hydrogen) atoms. The molecule has 2 atom stereocenters. The summed E-state index contributed by atoms with van der Waals surface area (Å²) in [6, 6.07) is 0.438. The van der Waals surface area contributed by atoms with E-state index < -0.39 is 0 Å². The van der Waals surface area contributed by atoms with E-state index in [0.717, 1.165) is 57.8 Å². The lowest BCUT2D eigenvalue weighted by molar-refractivity contribution is -0.141. The van der Waals surface area contributed by atoms with Gasteiger partial charge in [0.1, 0.15) is 5.82 Å². The van der Waals surface area contributed by atoms with E-state index in [1.54, 1.807) is 0 Å². The SMILES string of the molecule is CCCCc1ncc(CN2CC[C@@H]3[C@@H](CCC(=O)N3CCNC)C2)[nH]1. The first-order chi connectivity index (χ1) is 12.2. The predicted molar refractivity (Wildman–Crippen MR) is 99.2 cm³/mol. The van der Waals surface area contributed by atoms with Crippen LogP contribution in [0.5, 0.6) is 0 Å². The number of nitrogens with one attached hydrogen (secondary N) is 2. The van der Waals surface area contributed by atoms with E-state index in [-0.39, 0.29) is 0 Å². The highest BCUT2D eigenvalue weighted by Crippen LogP contribution is 2.31. The summed E-state index contributed by atoms with van der Waals surface area (Å²) < 4.78 is 0. The highest BCUT2D eigenvalue weighted by molar-refractivity contribution is 5.77. The van der Waals surface area contributed by atoms with Gasteiger partial charge in [0.2, 0.25) is 5.91 Å². The molecule has 2 N–H and O–H groups in total. The maximum absolute atomic E-state index is 12.3. The molecule has 0 aromatic carbocycles. The van der Waals surface area contributed by atoms with Gasteiger partial charge in [0.15, 0.2) is 0 Å². The van der Waals surface area contributed by atoms with Gasteiger partial charge in [-0.3, -0.25) is 9.69 Å². The smallest absolute Gasteiger partial charge is 0.222 e. The number of fused-ring (bicyclic) bond motifs is 1. The average molecular weight is 348 g/mol. The maximum Gasteiger partial charge on any atom is 0.222 e. The van der Waals surface area contributed by atoms with Gasteiger partial charge in [-0.15, -0.1) is 0 Å². The Kier molecular flexibility index (Phi) is 6.48. The summed E-state index contributed by atoms with van der Waals surface area (Å²) in [6.45, 7) is 7.05. The number of likely N-dealkylation sites (tertiary alicyclic amines) is 2. The fourth-order valence-corrected chi connectivity index (χ4v) is 4.29. The molecule has 2 aliphatic rings. The van der Waals surface area contributed by atoms with Crippen molar-refractivity contribution in [2.75, 3.05) is 33.2 Å². The molecule has 1 aromatic heterocycles. The van der Waals surface area contributed by atoms with E-state index in [9.17, 15) is 4.79 Å². The number of imidazole rings is 1. The van der Waals surface area contributed by atoms with E-state index in [2.05, 4.69) is 32.0 Å². The van der Waals surface area contributed by atoms with Crippen molar-refractivity contribution in [3.8, 4) is 0 Å². The zero-order valence-electron chi connectivity index (χ0n) is 15.8. The second-order valence-corrected chi connectivity index (χ2v) is 7.54. The summed E-state index contributed by atoms with van der Waals surface area (Å²) in [5, 5.41) is 3.17. The lowest BCUT2D eigenvalue weighted by Crippen LogP contribution is -2.56. The summed E-state index contributed by atoms with van der Waals surface area (Å²) in [7, 11) is 1.95. The topological polar surface area (TPSA) is 64.3 Å². The highest BCUT2D eigenvalue weighted by atomic mass is 16.2. The number of carbonyl (C=O) groups is 1. The van der Waals surface area contributed by atoms with Gasteiger partial charge in [-0.05, 0) is 32.2 Å². The van der Waals surface area contributed by atoms with Gasteiger partial charge in [-0.25, -0.2) is 4.98 Å². The van der Waals surface area contributed by atoms with Crippen molar-refractivity contribution in [3.63, 3.8) is 0 Å². The molecule has 2 aliphatic heterocycles. The molecule has 3 rings (SSSR count). The second-order valence-electron chi connectivity index (χ2n) is 7.54. The van der Waals surface area contributed by atoms with Crippen LogP contribution in [-0.4, -0.2) is 64.9 Å². The van der Waals surface area contributed by atoms with E-state index in [1.807, 2.05) is 13.2 Å². The number of amides is 1. The van der Waals surface area contributed by atoms with Crippen molar-refractivity contribution in [2.24, 2.45) is 5.92 Å². The lowest BCUT2D eigenvalue weighted by atomic mass is 9.83. The van der Waals surface area contributed by atoms with Gasteiger partial charge in [0, 0.05) is 63.5 Å². The number of aromatic amines is 1. The molecule has 6 heteroatoms. The second kappa shape index (κ2) is 8.81. The molecule has 0 spiro atoms. The van der Waals surface area contributed by atoms with E-state index >= 15 is 0 Å². The molecule has 0 aliphatic carbocycles. The van der Waals surface area contributed by atoms with Gasteiger partial charge in [-0.2, -0.15) is 0 Å². The normalized spacial score (nSPS) is 24.6. The zero-order chi connectivity index (χ0) is 17.6. The monoisotopic (exact) mass is 347 g/mol. The van der Waals surface area contributed by atoms with E-state index in [0.29, 0.717) is 24.3 Å². The van der Waals surface area contributed by atoms with Crippen LogP contribution in [0.4, 0.5) is 0 Å². The lowest BCUT2D eigenvalue weighted by Gasteiger charge is -2.47. The number of nitrogens with zero attached hydrogens (tertiary/aromatic N) is 3. The minimum atomic E-state index is 0.346. The molecule has 0 radical (unpaired) electrons. The Morgan fingerprint density at radius 3 is 3.08 bits per heavy atom. The standard InChI is InChI=1S/C19H33N5O/c1-3-4-5-18-21-12-16(22-18)14-23-10-8-17-15(13-23)6-7-19(25)24(17)11-9-20-2/h12,15,17,20H,3-11,13-14H2,1-2H3,(H,21,22)/t15-,17+/m0/s1. The van der Waals surface area contributed by atoms with Crippen LogP contribution in [0.2, 0.25) is 0 Å². The summed E-state index contributed by atoms with van der Waals surface area (Å²) in [6.07, 6.45) is 8.29. The summed E-state index contributed by atoms with van der Waals surface area (Å²) in [4.78, 5) is 25.0. The minimum Gasteiger partial charge on any atom is -0.345 e. The number of unbranched alkanes of at least 4 members (excludes halogenated alkanes) is 1. The first kappa shape index (κ1) is 18.4. The van der Waals surface area contributed by atoms with Crippen molar-refractivity contribution >= 4 is 5.91 Å². The van der Waals surface area contributed by atoms with Crippen molar-refractivity contribution in [2.45, 2.75) is 58.0 Å². The van der Waals surface area contributed by atoms with Crippen LogP contribution in [0.25, 0.3) is 0 Å². The summed E-state index contributed by atoms with van der Waals surface area (Å²) in [5.41, 5.74) is 1.23. The van der Waals surface area contributed by atoms with Crippen LogP contribution in [0, 0.1) is 5.92 Å². The average Bonchev–Trinajstić information content (AvgIpc) is 3.06. The van der Waals surface area contributed by atoms with Crippen LogP contribution in [0.3, 0.4) is 0 Å². The molecule has 1 aromatic rings. The van der Waals surface area contributed by atoms with Crippen LogP contribution in [-0.2, 0) is 17.8 Å². The van der Waals surface area contributed by atoms with Crippen LogP contribution >= 0.6 is 0 Å². The van der Waals surface area contributed by atoms with Crippen molar-refractivity contribution in [3.05, 3.63) is 17.7 Å². The number of hydrogen-bond acceptors (Lipinski definition) is 4. The van der Waals surface area contributed by atoms with Crippen LogP contribution < -0.4 is 5.32 Å². The first-order valence-corrected chi connectivity index (χ1v) is 9.90. The van der Waals surface area contributed by atoms with E-state index in [4.69, 9.17) is 0 Å². The molecule has 2 saturated heterocycles. The number of rotatable bonds is 8. The molecular formula is C19H33N5O. The van der Waals surface area contributed by atoms with Gasteiger partial charge >= 0.3 is 0 Å². The molecule has 6 nitrogen and oxygen atoms in total. The highest BCUT2D eigenvalue weighted by Gasteiger charge is 2.38. The molecule has 2 fully saturated rings. The Morgan fingerprint density at radius 2 is 2.28 bits per heavy atom. The minimum absolute atomic E-state index is 0.346. The van der Waals surface area contributed by atoms with E-state index in [1.165, 1.54) is 18.5 Å². The number of aromatic nitrogens is 2. The molecule has 1 amide bonds. The van der Waals surface area contributed by atoms with Crippen molar-refractivity contribution in [1.82, 2.24) is 25.1 Å². The molecule has 0 unspecified atom stereocenters. The fourth-order valence-electron chi connectivity index (χ4n) is 4.29. The first-order valence-electron chi connectivity index (χ1n) is 9.90. The van der Waals surface area contributed by atoms with Gasteiger partial charge in [0.25, 0.3) is 0 Å². The Labute approximate surface area is 151 Å². The third kappa shape index (κ3) is 4.61. The number of likely N-dealkylation sites (N-methyl/N-ethyl adjacent to an activating group) is 1. The van der Waals surface area contributed by atoms with Crippen LogP contribution in [0.15, 0.2) is 6.20 Å².